The minimum absolute atomic E-state index is 0.141. The van der Waals surface area contributed by atoms with E-state index in [1.165, 1.54) is 28.9 Å². The lowest BCUT2D eigenvalue weighted by Gasteiger charge is -2.28. The van der Waals surface area contributed by atoms with Crippen molar-refractivity contribution in [2.75, 3.05) is 4.90 Å². The topological polar surface area (TPSA) is 33.1 Å². The maximum absolute atomic E-state index is 13.7. The molecule has 0 unspecified atom stereocenters. The summed E-state index contributed by atoms with van der Waals surface area (Å²) in [6, 6.07) is 20.8. The fourth-order valence-corrected chi connectivity index (χ4v) is 5.33. The molecule has 0 radical (unpaired) electrons. The molecule has 0 amide bonds. The first-order valence-corrected chi connectivity index (χ1v) is 11.8. The minimum Gasteiger partial charge on any atom is -0.351 e. The second-order valence-corrected chi connectivity index (χ2v) is 9.24. The molecule has 172 valence electrons. The van der Waals surface area contributed by atoms with E-state index in [-0.39, 0.29) is 17.9 Å². The number of hydrogen-bond acceptors (Lipinski definition) is 2. The lowest BCUT2D eigenvalue weighted by molar-refractivity contribution is 0.565. The second kappa shape index (κ2) is 8.69. The summed E-state index contributed by atoms with van der Waals surface area (Å²) in [6.07, 6.45) is 1.80. The molecule has 0 bridgehead atoms. The Labute approximate surface area is 205 Å². The van der Waals surface area contributed by atoms with E-state index in [1.807, 2.05) is 18.2 Å². The number of rotatable bonds is 4. The van der Waals surface area contributed by atoms with Crippen LogP contribution in [0.2, 0.25) is 0 Å². The molecule has 6 heteroatoms. The number of halogens is 1. The van der Waals surface area contributed by atoms with Crippen LogP contribution in [0.1, 0.15) is 45.9 Å². The van der Waals surface area contributed by atoms with Gasteiger partial charge in [-0.25, -0.2) is 4.39 Å². The number of thiocarbonyl (C=S) groups is 1. The highest BCUT2D eigenvalue weighted by molar-refractivity contribution is 7.80. The van der Waals surface area contributed by atoms with Gasteiger partial charge in [0.25, 0.3) is 0 Å². The predicted octanol–water partition coefficient (Wildman–Crippen LogP) is 6.42. The van der Waals surface area contributed by atoms with Gasteiger partial charge in [-0.2, -0.15) is 0 Å². The molecule has 0 spiro atoms. The Morgan fingerprint density at radius 1 is 0.941 bits per heavy atom. The van der Waals surface area contributed by atoms with Crippen molar-refractivity contribution in [3.63, 3.8) is 0 Å². The molecule has 2 aromatic carbocycles. The van der Waals surface area contributed by atoms with E-state index in [1.54, 1.807) is 18.3 Å². The molecule has 2 aromatic heterocycles. The number of aryl methyl sites for hydroxylation is 2. The number of hydrogen-bond donors (Lipinski definition) is 1. The van der Waals surface area contributed by atoms with Gasteiger partial charge in [-0.3, -0.25) is 4.98 Å². The SMILES string of the molecule is Cc1cccc(-n2c(C)cc([C@H]3[C@H](c4ccccn4)NC(=S)N3c3ccc(F)cc3)c2C)c1C. The highest BCUT2D eigenvalue weighted by atomic mass is 32.1. The van der Waals surface area contributed by atoms with Crippen LogP contribution in [0.4, 0.5) is 10.1 Å². The lowest BCUT2D eigenvalue weighted by Crippen LogP contribution is -2.29. The van der Waals surface area contributed by atoms with Crippen molar-refractivity contribution < 1.29 is 4.39 Å². The zero-order chi connectivity index (χ0) is 24.0. The van der Waals surface area contributed by atoms with Gasteiger partial charge in [0, 0.05) is 29.0 Å². The summed E-state index contributed by atoms with van der Waals surface area (Å²) in [6.45, 7) is 8.60. The van der Waals surface area contributed by atoms with Gasteiger partial charge < -0.3 is 14.8 Å². The van der Waals surface area contributed by atoms with Crippen LogP contribution in [-0.2, 0) is 0 Å². The number of pyridine rings is 1. The molecule has 3 heterocycles. The summed E-state index contributed by atoms with van der Waals surface area (Å²) in [5, 5.41) is 4.09. The monoisotopic (exact) mass is 470 g/mol. The van der Waals surface area contributed by atoms with Crippen LogP contribution in [0.5, 0.6) is 0 Å². The van der Waals surface area contributed by atoms with Crippen LogP contribution in [0.3, 0.4) is 0 Å². The first-order chi connectivity index (χ1) is 16.4. The summed E-state index contributed by atoms with van der Waals surface area (Å²) in [4.78, 5) is 6.73. The van der Waals surface area contributed by atoms with Crippen molar-refractivity contribution >= 4 is 23.0 Å². The number of nitrogens with one attached hydrogen (secondary N) is 1. The van der Waals surface area contributed by atoms with E-state index in [4.69, 9.17) is 12.2 Å². The molecule has 4 aromatic rings. The highest BCUT2D eigenvalue weighted by Gasteiger charge is 2.42. The Morgan fingerprint density at radius 3 is 2.41 bits per heavy atom. The van der Waals surface area contributed by atoms with Crippen LogP contribution >= 0.6 is 12.2 Å². The van der Waals surface area contributed by atoms with Gasteiger partial charge >= 0.3 is 0 Å². The van der Waals surface area contributed by atoms with Gasteiger partial charge in [0.2, 0.25) is 0 Å². The van der Waals surface area contributed by atoms with Gasteiger partial charge in [0.1, 0.15) is 5.82 Å². The summed E-state index contributed by atoms with van der Waals surface area (Å²) in [5.74, 6) is -0.271. The summed E-state index contributed by atoms with van der Waals surface area (Å²) in [5.41, 5.74) is 8.91. The number of anilines is 1. The number of benzene rings is 2. The number of aromatic nitrogens is 2. The van der Waals surface area contributed by atoms with Crippen LogP contribution in [0, 0.1) is 33.5 Å². The van der Waals surface area contributed by atoms with Crippen LogP contribution in [-0.4, -0.2) is 14.7 Å². The van der Waals surface area contributed by atoms with Gasteiger partial charge in [-0.1, -0.05) is 18.2 Å². The smallest absolute Gasteiger partial charge is 0.174 e. The fourth-order valence-electron chi connectivity index (χ4n) is 4.99. The Balaban J connectivity index is 1.70. The molecule has 0 saturated carbocycles. The van der Waals surface area contributed by atoms with E-state index >= 15 is 0 Å². The maximum Gasteiger partial charge on any atom is 0.174 e. The van der Waals surface area contributed by atoms with Gasteiger partial charge in [0.05, 0.1) is 17.8 Å². The van der Waals surface area contributed by atoms with Crippen molar-refractivity contribution in [1.29, 1.82) is 0 Å². The molecule has 1 N–H and O–H groups in total. The second-order valence-electron chi connectivity index (χ2n) is 8.85. The molecule has 4 nitrogen and oxygen atoms in total. The van der Waals surface area contributed by atoms with Crippen LogP contribution in [0.15, 0.2) is 72.9 Å². The van der Waals surface area contributed by atoms with Crippen LogP contribution < -0.4 is 10.2 Å². The Hall–Kier alpha value is -3.51. The zero-order valence-corrected chi connectivity index (χ0v) is 20.5. The van der Waals surface area contributed by atoms with E-state index < -0.39 is 0 Å². The largest absolute Gasteiger partial charge is 0.351 e. The normalized spacial score (nSPS) is 17.8. The zero-order valence-electron chi connectivity index (χ0n) is 19.7. The van der Waals surface area contributed by atoms with Crippen molar-refractivity contribution in [1.82, 2.24) is 14.9 Å². The highest BCUT2D eigenvalue weighted by Crippen LogP contribution is 2.43. The fraction of sp³-hybridized carbons (Fsp3) is 0.214. The molecule has 5 rings (SSSR count). The molecule has 2 atom stereocenters. The standard InChI is InChI=1S/C28H27FN4S/c1-17-8-7-10-25(19(17)3)32-18(2)16-23(20(32)4)27-26(24-9-5-6-15-30-24)31-28(34)33(27)22-13-11-21(29)12-14-22/h5-16,26-27H,1-4H3,(H,31,34)/t26-,27-/m0/s1. The molecule has 1 fully saturated rings. The van der Waals surface area contributed by atoms with Gasteiger partial charge in [-0.15, -0.1) is 0 Å². The molecule has 0 aliphatic carbocycles. The number of nitrogens with zero attached hydrogens (tertiary/aromatic N) is 3. The van der Waals surface area contributed by atoms with E-state index in [9.17, 15) is 4.39 Å². The predicted molar refractivity (Wildman–Crippen MR) is 139 cm³/mol. The van der Waals surface area contributed by atoms with Crippen molar-refractivity contribution in [2.45, 2.75) is 39.8 Å². The van der Waals surface area contributed by atoms with Crippen LogP contribution in [0.25, 0.3) is 5.69 Å². The lowest BCUT2D eigenvalue weighted by atomic mass is 9.96. The van der Waals surface area contributed by atoms with Gasteiger partial charge in [-0.05, 0) is 105 Å². The molecule has 1 aliphatic rings. The van der Waals surface area contributed by atoms with Crippen molar-refractivity contribution in [2.24, 2.45) is 0 Å². The van der Waals surface area contributed by atoms with E-state index in [0.29, 0.717) is 5.11 Å². The summed E-state index contributed by atoms with van der Waals surface area (Å²) in [7, 11) is 0. The molecule has 34 heavy (non-hydrogen) atoms. The quantitative estimate of drug-likeness (QED) is 0.349. The van der Waals surface area contributed by atoms with Gasteiger partial charge in [0.15, 0.2) is 5.11 Å². The Kier molecular flexibility index (Phi) is 5.70. The Morgan fingerprint density at radius 2 is 1.71 bits per heavy atom. The first-order valence-electron chi connectivity index (χ1n) is 11.4. The molecule has 1 aliphatic heterocycles. The third-order valence-electron chi connectivity index (χ3n) is 6.81. The third-order valence-corrected chi connectivity index (χ3v) is 7.12. The minimum atomic E-state index is -0.271. The summed E-state index contributed by atoms with van der Waals surface area (Å²) < 4.78 is 16.0. The molecule has 1 saturated heterocycles. The third kappa shape index (κ3) is 3.68. The average molecular weight is 471 g/mol. The van der Waals surface area contributed by atoms with E-state index in [2.05, 4.69) is 71.7 Å². The summed E-state index contributed by atoms with van der Waals surface area (Å²) >= 11 is 5.81. The maximum atomic E-state index is 13.7. The first kappa shape index (κ1) is 22.3. The molecular formula is C28H27FN4S. The van der Waals surface area contributed by atoms with Crippen molar-refractivity contribution in [3.8, 4) is 5.69 Å². The van der Waals surface area contributed by atoms with E-state index in [0.717, 1.165) is 28.3 Å². The molecular weight excluding hydrogens is 443 g/mol. The average Bonchev–Trinajstić information content (AvgIpc) is 3.32. The van der Waals surface area contributed by atoms with Crippen molar-refractivity contribution in [3.05, 3.63) is 113 Å². The Bertz CT molecular complexity index is 1360.